The number of hydrogen-bond donors (Lipinski definition) is 6. The van der Waals surface area contributed by atoms with E-state index >= 15 is 0 Å². The lowest BCUT2D eigenvalue weighted by Gasteiger charge is -2.25. The number of para-hydroxylation sites is 1. The van der Waals surface area contributed by atoms with Crippen LogP contribution in [0.2, 0.25) is 0 Å². The Morgan fingerprint density at radius 3 is 2.33 bits per heavy atom. The van der Waals surface area contributed by atoms with Crippen molar-refractivity contribution in [2.24, 2.45) is 11.7 Å². The van der Waals surface area contributed by atoms with Gasteiger partial charge in [0.05, 0.1) is 6.04 Å². The fraction of sp³-hybridized carbons (Fsp3) is 0.520. The van der Waals surface area contributed by atoms with Gasteiger partial charge in [0.25, 0.3) is 0 Å². The van der Waals surface area contributed by atoms with E-state index in [1.807, 2.05) is 44.4 Å². The Bertz CT molecular complexity index is 1060. The van der Waals surface area contributed by atoms with E-state index in [9.17, 15) is 24.3 Å². The first-order valence-corrected chi connectivity index (χ1v) is 13.4. The van der Waals surface area contributed by atoms with Crippen LogP contribution in [0.4, 0.5) is 0 Å². The highest BCUT2D eigenvalue weighted by Crippen LogP contribution is 2.19. The van der Waals surface area contributed by atoms with Crippen molar-refractivity contribution in [2.75, 3.05) is 12.0 Å². The van der Waals surface area contributed by atoms with Crippen molar-refractivity contribution in [2.45, 2.75) is 64.2 Å². The minimum Gasteiger partial charge on any atom is -0.480 e. The van der Waals surface area contributed by atoms with E-state index in [1.54, 1.807) is 6.20 Å². The second-order valence-corrected chi connectivity index (χ2v) is 9.93. The molecule has 0 fully saturated rings. The van der Waals surface area contributed by atoms with Crippen molar-refractivity contribution in [3.8, 4) is 0 Å². The van der Waals surface area contributed by atoms with Gasteiger partial charge >= 0.3 is 5.97 Å². The van der Waals surface area contributed by atoms with E-state index < -0.39 is 47.9 Å². The first kappa shape index (κ1) is 29.2. The molecule has 198 valence electrons. The molecule has 36 heavy (non-hydrogen) atoms. The molecule has 10 nitrogen and oxygen atoms in total. The summed E-state index contributed by atoms with van der Waals surface area (Å²) in [6, 6.07) is 3.75. The molecule has 0 radical (unpaired) electrons. The molecule has 1 aromatic carbocycles. The Hall–Kier alpha value is -3.05. The second-order valence-electron chi connectivity index (χ2n) is 8.95. The summed E-state index contributed by atoms with van der Waals surface area (Å²) in [5.41, 5.74) is 7.80. The van der Waals surface area contributed by atoms with Gasteiger partial charge in [-0.3, -0.25) is 14.4 Å². The fourth-order valence-electron chi connectivity index (χ4n) is 3.68. The third-order valence-electron chi connectivity index (χ3n) is 6.27. The monoisotopic (exact) mass is 519 g/mol. The van der Waals surface area contributed by atoms with Crippen molar-refractivity contribution in [1.29, 1.82) is 0 Å². The molecule has 0 saturated heterocycles. The number of carbonyl (C=O) groups excluding carboxylic acids is 3. The number of benzene rings is 1. The number of aromatic nitrogens is 1. The highest BCUT2D eigenvalue weighted by atomic mass is 32.2. The summed E-state index contributed by atoms with van der Waals surface area (Å²) in [6.45, 7) is 5.26. The number of fused-ring (bicyclic) bond motifs is 1. The van der Waals surface area contributed by atoms with Gasteiger partial charge in [-0.25, -0.2) is 4.79 Å². The quantitative estimate of drug-likeness (QED) is 0.219. The molecule has 1 heterocycles. The average Bonchev–Trinajstić information content (AvgIpc) is 3.27. The number of carbonyl (C=O) groups is 4. The van der Waals surface area contributed by atoms with Crippen LogP contribution >= 0.6 is 11.8 Å². The Morgan fingerprint density at radius 1 is 1.03 bits per heavy atom. The molecule has 0 spiro atoms. The number of H-pyrrole nitrogens is 1. The van der Waals surface area contributed by atoms with Crippen LogP contribution < -0.4 is 21.7 Å². The Kier molecular flexibility index (Phi) is 11.3. The van der Waals surface area contributed by atoms with Gasteiger partial charge in [0, 0.05) is 23.5 Å². The van der Waals surface area contributed by atoms with Crippen molar-refractivity contribution < 1.29 is 24.3 Å². The summed E-state index contributed by atoms with van der Waals surface area (Å²) in [4.78, 5) is 53.3. The number of carboxylic acids is 1. The molecule has 11 heteroatoms. The SMILES string of the molecule is CCC(C)C(N)C(=O)NC(Cc1c[nH]c2ccccc12)C(=O)NC(C)C(=O)NC(CCSC)C(=O)O. The predicted octanol–water partition coefficient (Wildman–Crippen LogP) is 1.40. The predicted molar refractivity (Wildman–Crippen MR) is 142 cm³/mol. The number of rotatable bonds is 14. The summed E-state index contributed by atoms with van der Waals surface area (Å²) in [5, 5.41) is 18.1. The van der Waals surface area contributed by atoms with Crippen molar-refractivity contribution >= 4 is 46.4 Å². The van der Waals surface area contributed by atoms with Crippen LogP contribution in [0, 0.1) is 5.92 Å². The number of aliphatic carboxylic acids is 1. The molecule has 0 bridgehead atoms. The fourth-order valence-corrected chi connectivity index (χ4v) is 4.15. The van der Waals surface area contributed by atoms with Crippen molar-refractivity contribution in [1.82, 2.24) is 20.9 Å². The molecule has 0 aliphatic heterocycles. The molecule has 5 atom stereocenters. The van der Waals surface area contributed by atoms with Gasteiger partial charge in [-0.1, -0.05) is 38.5 Å². The standard InChI is InChI=1S/C25H37N5O5S/c1-5-14(2)21(26)24(33)30-20(12-16-13-27-18-9-7-6-8-17(16)18)23(32)28-15(3)22(31)29-19(25(34)35)10-11-36-4/h6-9,13-15,19-21,27H,5,10-12,26H2,1-4H3,(H,28,32)(H,29,31)(H,30,33)(H,34,35). The number of hydrogen-bond acceptors (Lipinski definition) is 6. The van der Waals surface area contributed by atoms with Crippen LogP contribution in [0.25, 0.3) is 10.9 Å². The van der Waals surface area contributed by atoms with Gasteiger partial charge in [-0.15, -0.1) is 0 Å². The molecule has 0 saturated carbocycles. The van der Waals surface area contributed by atoms with Crippen molar-refractivity contribution in [3.63, 3.8) is 0 Å². The Morgan fingerprint density at radius 2 is 1.69 bits per heavy atom. The molecular formula is C25H37N5O5S. The van der Waals surface area contributed by atoms with Crippen LogP contribution in [-0.4, -0.2) is 70.0 Å². The van der Waals surface area contributed by atoms with Gasteiger partial charge in [0.15, 0.2) is 0 Å². The number of nitrogens with one attached hydrogen (secondary N) is 4. The van der Waals surface area contributed by atoms with Crippen LogP contribution in [0.1, 0.15) is 39.2 Å². The zero-order valence-electron chi connectivity index (χ0n) is 21.2. The lowest BCUT2D eigenvalue weighted by atomic mass is 9.98. The van der Waals surface area contributed by atoms with Crippen molar-refractivity contribution in [3.05, 3.63) is 36.0 Å². The lowest BCUT2D eigenvalue weighted by molar-refractivity contribution is -0.142. The highest BCUT2D eigenvalue weighted by molar-refractivity contribution is 7.98. The van der Waals surface area contributed by atoms with E-state index in [0.717, 1.165) is 16.5 Å². The van der Waals surface area contributed by atoms with Gasteiger partial charge < -0.3 is 31.8 Å². The molecule has 0 aliphatic carbocycles. The van der Waals surface area contributed by atoms with E-state index in [2.05, 4.69) is 20.9 Å². The van der Waals surface area contributed by atoms with Gasteiger partial charge in [0.1, 0.15) is 18.1 Å². The minimum absolute atomic E-state index is 0.0827. The lowest BCUT2D eigenvalue weighted by Crippen LogP contribution is -2.57. The summed E-state index contributed by atoms with van der Waals surface area (Å²) in [6.07, 6.45) is 4.76. The van der Waals surface area contributed by atoms with Gasteiger partial charge in [0.2, 0.25) is 17.7 Å². The maximum absolute atomic E-state index is 13.2. The zero-order valence-corrected chi connectivity index (χ0v) is 22.0. The topological polar surface area (TPSA) is 166 Å². The third kappa shape index (κ3) is 7.99. The molecule has 3 amide bonds. The van der Waals surface area contributed by atoms with E-state index in [-0.39, 0.29) is 18.8 Å². The number of amides is 3. The van der Waals surface area contributed by atoms with Crippen LogP contribution in [-0.2, 0) is 25.6 Å². The molecule has 1 aromatic heterocycles. The first-order chi connectivity index (χ1) is 17.1. The van der Waals surface area contributed by atoms with E-state index in [1.165, 1.54) is 18.7 Å². The Labute approximate surface area is 215 Å². The van der Waals surface area contributed by atoms with Crippen LogP contribution in [0.15, 0.2) is 30.5 Å². The molecule has 7 N–H and O–H groups in total. The molecular weight excluding hydrogens is 482 g/mol. The number of carboxylic acid groups (broad SMARTS) is 1. The van der Waals surface area contributed by atoms with Gasteiger partial charge in [-0.05, 0) is 42.9 Å². The second kappa shape index (κ2) is 13.9. The first-order valence-electron chi connectivity index (χ1n) is 12.0. The molecule has 2 aromatic rings. The van der Waals surface area contributed by atoms with E-state index in [4.69, 9.17) is 5.73 Å². The third-order valence-corrected chi connectivity index (χ3v) is 6.91. The summed E-state index contributed by atoms with van der Waals surface area (Å²) < 4.78 is 0. The number of nitrogens with two attached hydrogens (primary N) is 1. The smallest absolute Gasteiger partial charge is 0.326 e. The maximum atomic E-state index is 13.2. The summed E-state index contributed by atoms with van der Waals surface area (Å²) in [7, 11) is 0. The average molecular weight is 520 g/mol. The summed E-state index contributed by atoms with van der Waals surface area (Å²) >= 11 is 1.47. The summed E-state index contributed by atoms with van der Waals surface area (Å²) in [5.74, 6) is -2.30. The zero-order chi connectivity index (χ0) is 26.8. The van der Waals surface area contributed by atoms with Gasteiger partial charge in [-0.2, -0.15) is 11.8 Å². The highest BCUT2D eigenvalue weighted by Gasteiger charge is 2.30. The number of thioether (sulfide) groups is 1. The van der Waals surface area contributed by atoms with Crippen LogP contribution in [0.5, 0.6) is 0 Å². The molecule has 0 aliphatic rings. The maximum Gasteiger partial charge on any atom is 0.326 e. The number of aromatic amines is 1. The minimum atomic E-state index is -1.14. The molecule has 5 unspecified atom stereocenters. The van der Waals surface area contributed by atoms with E-state index in [0.29, 0.717) is 12.2 Å². The molecule has 2 rings (SSSR count). The normalized spacial score (nSPS) is 15.4. The Balaban J connectivity index is 2.18. The van der Waals surface area contributed by atoms with Crippen LogP contribution in [0.3, 0.4) is 0 Å². The largest absolute Gasteiger partial charge is 0.480 e.